The Morgan fingerprint density at radius 1 is 1.23 bits per heavy atom. The second kappa shape index (κ2) is 6.67. The number of hydrogen-bond acceptors (Lipinski definition) is 2. The van der Waals surface area contributed by atoms with Gasteiger partial charge in [-0.05, 0) is 48.9 Å². The molecule has 1 fully saturated rings. The van der Waals surface area contributed by atoms with Crippen LogP contribution in [0, 0.1) is 11.3 Å². The Balaban J connectivity index is 2.23. The lowest BCUT2D eigenvalue weighted by Crippen LogP contribution is -2.64. The third-order valence-electron chi connectivity index (χ3n) is 5.78. The van der Waals surface area contributed by atoms with Gasteiger partial charge in [0.05, 0.1) is 11.1 Å². The number of alkyl halides is 3. The van der Waals surface area contributed by atoms with Crippen LogP contribution in [0.2, 0.25) is 0 Å². The minimum atomic E-state index is -4.36. The van der Waals surface area contributed by atoms with Gasteiger partial charge >= 0.3 is 12.3 Å². The predicted octanol–water partition coefficient (Wildman–Crippen LogP) is 5.31. The van der Waals surface area contributed by atoms with Crippen molar-refractivity contribution in [3.05, 3.63) is 29.8 Å². The summed E-state index contributed by atoms with van der Waals surface area (Å²) in [6, 6.07) is 4.93. The number of carboxylic acid groups (broad SMARTS) is 1. The van der Waals surface area contributed by atoms with E-state index >= 15 is 0 Å². The number of amides is 1. The molecule has 0 saturated carbocycles. The molecule has 1 aromatic carbocycles. The fourth-order valence-corrected chi connectivity index (χ4v) is 3.52. The maximum atomic E-state index is 12.7. The summed E-state index contributed by atoms with van der Waals surface area (Å²) in [4.78, 5) is 13.3. The lowest BCUT2D eigenvalue weighted by molar-refractivity contribution is -0.137. The highest BCUT2D eigenvalue weighted by Crippen LogP contribution is 2.44. The fraction of sp³-hybridized carbons (Fsp3) is 0.632. The number of anilines is 1. The molecule has 1 aliphatic heterocycles. The van der Waals surface area contributed by atoms with Crippen molar-refractivity contribution in [2.75, 3.05) is 11.9 Å². The Morgan fingerprint density at radius 2 is 1.77 bits per heavy atom. The zero-order valence-corrected chi connectivity index (χ0v) is 15.8. The fourth-order valence-electron chi connectivity index (χ4n) is 3.52. The predicted molar refractivity (Wildman–Crippen MR) is 95.2 cm³/mol. The molecule has 1 amide bonds. The van der Waals surface area contributed by atoms with Crippen LogP contribution in [0.1, 0.15) is 46.6 Å². The second-order valence-electron chi connectivity index (χ2n) is 8.42. The Labute approximate surface area is 152 Å². The number of hydrogen-bond donors (Lipinski definition) is 2. The van der Waals surface area contributed by atoms with Crippen molar-refractivity contribution in [2.45, 2.75) is 58.8 Å². The quantitative estimate of drug-likeness (QED) is 0.740. The Kier molecular flexibility index (Phi) is 5.23. The summed E-state index contributed by atoms with van der Waals surface area (Å²) in [7, 11) is 0. The second-order valence-corrected chi connectivity index (χ2v) is 8.42. The molecule has 3 unspecified atom stereocenters. The molecule has 0 bridgehead atoms. The number of piperidine rings is 1. The van der Waals surface area contributed by atoms with Gasteiger partial charge in [-0.3, -0.25) is 0 Å². The molecule has 0 aromatic heterocycles. The molecule has 1 saturated heterocycles. The molecule has 1 aliphatic rings. The maximum Gasteiger partial charge on any atom is 0.416 e. The van der Waals surface area contributed by atoms with E-state index in [4.69, 9.17) is 0 Å². The van der Waals surface area contributed by atoms with E-state index < -0.39 is 23.4 Å². The van der Waals surface area contributed by atoms with Gasteiger partial charge in [0.1, 0.15) is 0 Å². The summed E-state index contributed by atoms with van der Waals surface area (Å²) in [6.07, 6.45) is -4.73. The van der Waals surface area contributed by atoms with Crippen molar-refractivity contribution >= 4 is 11.8 Å². The molecular weight excluding hydrogens is 345 g/mol. The van der Waals surface area contributed by atoms with Crippen molar-refractivity contribution < 1.29 is 23.1 Å². The Hall–Kier alpha value is -1.92. The lowest BCUT2D eigenvalue weighted by Gasteiger charge is -2.55. The van der Waals surface area contributed by atoms with E-state index in [2.05, 4.69) is 5.32 Å². The summed E-state index contributed by atoms with van der Waals surface area (Å²) in [5.41, 5.74) is -0.952. The van der Waals surface area contributed by atoms with Gasteiger partial charge < -0.3 is 15.3 Å². The molecule has 0 aliphatic carbocycles. The monoisotopic (exact) mass is 372 g/mol. The van der Waals surface area contributed by atoms with Crippen LogP contribution < -0.4 is 5.32 Å². The summed E-state index contributed by atoms with van der Waals surface area (Å²) in [6.45, 7) is 10.3. The van der Waals surface area contributed by atoms with Gasteiger partial charge in [0.2, 0.25) is 0 Å². The summed E-state index contributed by atoms with van der Waals surface area (Å²) in [5, 5.41) is 12.9. The summed E-state index contributed by atoms with van der Waals surface area (Å²) >= 11 is 0. The zero-order valence-electron chi connectivity index (χ0n) is 15.8. The highest BCUT2D eigenvalue weighted by atomic mass is 19.4. The Morgan fingerprint density at radius 3 is 2.19 bits per heavy atom. The molecule has 0 radical (unpaired) electrons. The van der Waals surface area contributed by atoms with E-state index in [1.165, 1.54) is 17.0 Å². The molecular formula is C19H27F3N2O2. The van der Waals surface area contributed by atoms with Gasteiger partial charge in [0.15, 0.2) is 0 Å². The molecule has 1 heterocycles. The van der Waals surface area contributed by atoms with E-state index in [0.29, 0.717) is 18.7 Å². The van der Waals surface area contributed by atoms with Gasteiger partial charge in [0, 0.05) is 18.3 Å². The average Bonchev–Trinajstić information content (AvgIpc) is 2.49. The number of likely N-dealkylation sites (tertiary alicyclic amines) is 1. The normalized spacial score (nSPS) is 27.3. The topological polar surface area (TPSA) is 52.6 Å². The van der Waals surface area contributed by atoms with Crippen molar-refractivity contribution in [1.82, 2.24) is 4.90 Å². The lowest BCUT2D eigenvalue weighted by atomic mass is 9.66. The average molecular weight is 372 g/mol. The van der Waals surface area contributed by atoms with Gasteiger partial charge in [0.25, 0.3) is 0 Å². The molecule has 4 nitrogen and oxygen atoms in total. The first-order valence-corrected chi connectivity index (χ1v) is 8.70. The van der Waals surface area contributed by atoms with Crippen molar-refractivity contribution in [3.8, 4) is 0 Å². The van der Waals surface area contributed by atoms with E-state index in [0.717, 1.165) is 12.1 Å². The number of rotatable bonds is 2. The third kappa shape index (κ3) is 3.91. The smallest absolute Gasteiger partial charge is 0.416 e. The van der Waals surface area contributed by atoms with E-state index in [9.17, 15) is 23.1 Å². The van der Waals surface area contributed by atoms with Crippen LogP contribution >= 0.6 is 0 Å². The molecule has 0 spiro atoms. The van der Waals surface area contributed by atoms with Gasteiger partial charge in [-0.15, -0.1) is 0 Å². The molecule has 26 heavy (non-hydrogen) atoms. The first-order chi connectivity index (χ1) is 11.8. The molecule has 3 atom stereocenters. The van der Waals surface area contributed by atoms with Crippen LogP contribution in [-0.2, 0) is 6.18 Å². The van der Waals surface area contributed by atoms with Crippen LogP contribution in [0.3, 0.4) is 0 Å². The molecule has 2 N–H and O–H groups in total. The number of carbonyl (C=O) groups is 1. The highest BCUT2D eigenvalue weighted by Gasteiger charge is 2.50. The SMILES string of the molecule is CC1CN(C(=O)O)C(C)(C(C)(C)C)CC1Nc1ccc(C(F)(F)F)cc1. The van der Waals surface area contributed by atoms with E-state index in [-0.39, 0.29) is 17.4 Å². The largest absolute Gasteiger partial charge is 0.465 e. The molecule has 2 rings (SSSR count). The standard InChI is InChI=1S/C19H27F3N2O2/c1-12-11-24(16(25)26)18(5,17(2,3)4)10-15(12)23-14-8-6-13(7-9-14)19(20,21)22/h6-9,12,15,23H,10-11H2,1-5H3,(H,25,26). The number of nitrogens with zero attached hydrogens (tertiary/aromatic N) is 1. The summed E-state index contributed by atoms with van der Waals surface area (Å²) < 4.78 is 38.1. The van der Waals surface area contributed by atoms with E-state index in [1.807, 2.05) is 34.6 Å². The minimum absolute atomic E-state index is 0.0313. The number of nitrogens with one attached hydrogen (secondary N) is 1. The van der Waals surface area contributed by atoms with E-state index in [1.54, 1.807) is 0 Å². The highest BCUT2D eigenvalue weighted by molar-refractivity contribution is 5.67. The van der Waals surface area contributed by atoms with Gasteiger partial charge in [-0.1, -0.05) is 27.7 Å². The van der Waals surface area contributed by atoms with Crippen LogP contribution in [0.15, 0.2) is 24.3 Å². The van der Waals surface area contributed by atoms with Gasteiger partial charge in [-0.25, -0.2) is 4.79 Å². The zero-order chi connectivity index (χ0) is 19.9. The van der Waals surface area contributed by atoms with Crippen LogP contribution in [0.4, 0.5) is 23.7 Å². The van der Waals surface area contributed by atoms with Crippen LogP contribution in [-0.4, -0.2) is 34.2 Å². The van der Waals surface area contributed by atoms with Crippen molar-refractivity contribution in [3.63, 3.8) is 0 Å². The minimum Gasteiger partial charge on any atom is -0.465 e. The molecule has 1 aromatic rings. The van der Waals surface area contributed by atoms with Crippen LogP contribution in [0.25, 0.3) is 0 Å². The number of halogens is 3. The van der Waals surface area contributed by atoms with Gasteiger partial charge in [-0.2, -0.15) is 13.2 Å². The van der Waals surface area contributed by atoms with Crippen molar-refractivity contribution in [2.24, 2.45) is 11.3 Å². The number of benzene rings is 1. The third-order valence-corrected chi connectivity index (χ3v) is 5.78. The van der Waals surface area contributed by atoms with Crippen LogP contribution in [0.5, 0.6) is 0 Å². The maximum absolute atomic E-state index is 12.7. The Bertz CT molecular complexity index is 652. The molecule has 7 heteroatoms. The first-order valence-electron chi connectivity index (χ1n) is 8.70. The first kappa shape index (κ1) is 20.4. The molecule has 146 valence electrons. The van der Waals surface area contributed by atoms with Crippen molar-refractivity contribution in [1.29, 1.82) is 0 Å². The summed E-state index contributed by atoms with van der Waals surface area (Å²) in [5.74, 6) is 0.0313.